The van der Waals surface area contributed by atoms with Crippen molar-refractivity contribution in [1.29, 1.82) is 0 Å². The van der Waals surface area contributed by atoms with Gasteiger partial charge in [0.05, 0.1) is 12.3 Å². The summed E-state index contributed by atoms with van der Waals surface area (Å²) in [5, 5.41) is 9.80. The molecular formula is C16H19NO3S. The standard InChI is InChI=1S/C16H19NO3S/c1-3-4-9-20-10-12-5-7-13(8-6-12)15-17-11(2)14(21-15)16(18)19/h5-8H,3-4,9-10H2,1-2H3,(H,18,19). The molecule has 1 aromatic carbocycles. The van der Waals surface area contributed by atoms with Gasteiger partial charge in [0.1, 0.15) is 9.88 Å². The highest BCUT2D eigenvalue weighted by Crippen LogP contribution is 2.28. The zero-order valence-corrected chi connectivity index (χ0v) is 13.1. The van der Waals surface area contributed by atoms with E-state index < -0.39 is 5.97 Å². The molecule has 0 atom stereocenters. The van der Waals surface area contributed by atoms with Crippen LogP contribution in [0, 0.1) is 6.92 Å². The topological polar surface area (TPSA) is 59.4 Å². The molecular weight excluding hydrogens is 286 g/mol. The molecule has 0 radical (unpaired) electrons. The molecule has 4 nitrogen and oxygen atoms in total. The number of ether oxygens (including phenoxy) is 1. The lowest BCUT2D eigenvalue weighted by Crippen LogP contribution is -1.94. The molecule has 0 unspecified atom stereocenters. The molecule has 0 bridgehead atoms. The Hall–Kier alpha value is -1.72. The van der Waals surface area contributed by atoms with Gasteiger partial charge in [0.15, 0.2) is 0 Å². The summed E-state index contributed by atoms with van der Waals surface area (Å²) in [6, 6.07) is 7.92. The SMILES string of the molecule is CCCCOCc1ccc(-c2nc(C)c(C(=O)O)s2)cc1. The molecule has 0 aliphatic rings. The summed E-state index contributed by atoms with van der Waals surface area (Å²) in [7, 11) is 0. The Labute approximate surface area is 128 Å². The van der Waals surface area contributed by atoms with Crippen molar-refractivity contribution in [1.82, 2.24) is 4.98 Å². The molecule has 5 heteroatoms. The van der Waals surface area contributed by atoms with E-state index >= 15 is 0 Å². The van der Waals surface area contributed by atoms with Gasteiger partial charge in [0.25, 0.3) is 0 Å². The molecule has 1 heterocycles. The van der Waals surface area contributed by atoms with Crippen LogP contribution in [0.2, 0.25) is 0 Å². The molecule has 21 heavy (non-hydrogen) atoms. The number of benzene rings is 1. The Morgan fingerprint density at radius 1 is 1.33 bits per heavy atom. The first kappa shape index (κ1) is 15.7. The Kier molecular flexibility index (Phi) is 5.47. The molecule has 1 aromatic heterocycles. The number of aromatic carboxylic acids is 1. The quantitative estimate of drug-likeness (QED) is 0.781. The zero-order valence-electron chi connectivity index (χ0n) is 12.3. The minimum Gasteiger partial charge on any atom is -0.477 e. The Balaban J connectivity index is 2.05. The monoisotopic (exact) mass is 305 g/mol. The zero-order chi connectivity index (χ0) is 15.2. The first-order valence-electron chi connectivity index (χ1n) is 6.99. The number of carboxylic acid groups (broad SMARTS) is 1. The maximum atomic E-state index is 11.0. The van der Waals surface area contributed by atoms with Gasteiger partial charge < -0.3 is 9.84 Å². The van der Waals surface area contributed by atoms with E-state index in [1.165, 1.54) is 11.3 Å². The van der Waals surface area contributed by atoms with Crippen LogP contribution >= 0.6 is 11.3 Å². The van der Waals surface area contributed by atoms with Crippen molar-refractivity contribution in [2.24, 2.45) is 0 Å². The third kappa shape index (κ3) is 4.12. The van der Waals surface area contributed by atoms with Crippen LogP contribution < -0.4 is 0 Å². The van der Waals surface area contributed by atoms with Crippen LogP contribution in [0.4, 0.5) is 0 Å². The average Bonchev–Trinajstić information content (AvgIpc) is 2.86. The number of nitrogens with zero attached hydrogens (tertiary/aromatic N) is 1. The fraction of sp³-hybridized carbons (Fsp3) is 0.375. The molecule has 0 spiro atoms. The van der Waals surface area contributed by atoms with Crippen LogP contribution in [0.3, 0.4) is 0 Å². The largest absolute Gasteiger partial charge is 0.477 e. The number of aryl methyl sites for hydroxylation is 1. The summed E-state index contributed by atoms with van der Waals surface area (Å²) >= 11 is 1.21. The Morgan fingerprint density at radius 3 is 2.62 bits per heavy atom. The molecule has 0 amide bonds. The number of thiazole rings is 1. The number of carbonyl (C=O) groups is 1. The van der Waals surface area contributed by atoms with Crippen molar-refractivity contribution < 1.29 is 14.6 Å². The van der Waals surface area contributed by atoms with E-state index in [0.29, 0.717) is 17.2 Å². The predicted molar refractivity (Wildman–Crippen MR) is 83.8 cm³/mol. The van der Waals surface area contributed by atoms with Crippen LogP contribution in [-0.2, 0) is 11.3 Å². The third-order valence-corrected chi connectivity index (χ3v) is 4.30. The molecule has 2 aromatic rings. The fourth-order valence-electron chi connectivity index (χ4n) is 1.90. The van der Waals surface area contributed by atoms with Crippen molar-refractivity contribution in [3.05, 3.63) is 40.4 Å². The van der Waals surface area contributed by atoms with Gasteiger partial charge in [-0.15, -0.1) is 11.3 Å². The highest BCUT2D eigenvalue weighted by atomic mass is 32.1. The highest BCUT2D eigenvalue weighted by molar-refractivity contribution is 7.17. The van der Waals surface area contributed by atoms with Gasteiger partial charge in [0.2, 0.25) is 0 Å². The minimum atomic E-state index is -0.919. The number of aromatic nitrogens is 1. The summed E-state index contributed by atoms with van der Waals surface area (Å²) in [4.78, 5) is 15.7. The summed E-state index contributed by atoms with van der Waals surface area (Å²) in [5.74, 6) is -0.919. The van der Waals surface area contributed by atoms with E-state index in [4.69, 9.17) is 9.84 Å². The lowest BCUT2D eigenvalue weighted by atomic mass is 10.1. The van der Waals surface area contributed by atoms with E-state index in [9.17, 15) is 4.79 Å². The lowest BCUT2D eigenvalue weighted by Gasteiger charge is -2.04. The van der Waals surface area contributed by atoms with Crippen molar-refractivity contribution in [3.8, 4) is 10.6 Å². The van der Waals surface area contributed by atoms with Crippen LogP contribution in [0.5, 0.6) is 0 Å². The average molecular weight is 305 g/mol. The van der Waals surface area contributed by atoms with E-state index in [-0.39, 0.29) is 0 Å². The Bertz CT molecular complexity index is 604. The number of hydrogen-bond donors (Lipinski definition) is 1. The van der Waals surface area contributed by atoms with Crippen LogP contribution in [0.15, 0.2) is 24.3 Å². The first-order chi connectivity index (χ1) is 10.1. The van der Waals surface area contributed by atoms with Crippen molar-refractivity contribution in [2.75, 3.05) is 6.61 Å². The number of hydrogen-bond acceptors (Lipinski definition) is 4. The molecule has 112 valence electrons. The fourth-order valence-corrected chi connectivity index (χ4v) is 2.81. The van der Waals surface area contributed by atoms with Gasteiger partial charge >= 0.3 is 5.97 Å². The highest BCUT2D eigenvalue weighted by Gasteiger charge is 2.14. The van der Waals surface area contributed by atoms with Crippen LogP contribution in [0.25, 0.3) is 10.6 Å². The second-order valence-corrected chi connectivity index (χ2v) is 5.84. The number of carboxylic acids is 1. The maximum absolute atomic E-state index is 11.0. The van der Waals surface area contributed by atoms with Gasteiger partial charge in [-0.3, -0.25) is 0 Å². The molecule has 1 N–H and O–H groups in total. The second-order valence-electron chi connectivity index (χ2n) is 4.84. The van der Waals surface area contributed by atoms with Crippen LogP contribution in [0.1, 0.15) is 40.7 Å². The van der Waals surface area contributed by atoms with E-state index in [0.717, 1.165) is 35.6 Å². The van der Waals surface area contributed by atoms with E-state index in [1.54, 1.807) is 6.92 Å². The molecule has 0 fully saturated rings. The van der Waals surface area contributed by atoms with Crippen LogP contribution in [-0.4, -0.2) is 22.7 Å². The molecule has 0 saturated heterocycles. The first-order valence-corrected chi connectivity index (χ1v) is 7.81. The minimum absolute atomic E-state index is 0.303. The predicted octanol–water partition coefficient (Wildman–Crippen LogP) is 4.13. The number of unbranched alkanes of at least 4 members (excludes halogenated alkanes) is 1. The van der Waals surface area contributed by atoms with Crippen molar-refractivity contribution in [2.45, 2.75) is 33.3 Å². The normalized spacial score (nSPS) is 10.8. The molecule has 0 saturated carbocycles. The lowest BCUT2D eigenvalue weighted by molar-refractivity contribution is 0.0701. The van der Waals surface area contributed by atoms with Gasteiger partial charge in [-0.1, -0.05) is 37.6 Å². The van der Waals surface area contributed by atoms with E-state index in [2.05, 4.69) is 11.9 Å². The van der Waals surface area contributed by atoms with E-state index in [1.807, 2.05) is 24.3 Å². The molecule has 2 rings (SSSR count). The smallest absolute Gasteiger partial charge is 0.347 e. The second kappa shape index (κ2) is 7.33. The van der Waals surface area contributed by atoms with Crippen molar-refractivity contribution >= 4 is 17.3 Å². The Morgan fingerprint density at radius 2 is 2.05 bits per heavy atom. The summed E-state index contributed by atoms with van der Waals surface area (Å²) in [5.41, 5.74) is 2.61. The molecule has 0 aliphatic carbocycles. The van der Waals surface area contributed by atoms with Gasteiger partial charge in [-0.2, -0.15) is 0 Å². The summed E-state index contributed by atoms with van der Waals surface area (Å²) in [6.45, 7) is 5.25. The number of rotatable bonds is 7. The third-order valence-electron chi connectivity index (χ3n) is 3.10. The van der Waals surface area contributed by atoms with Gasteiger partial charge in [0, 0.05) is 12.2 Å². The van der Waals surface area contributed by atoms with Gasteiger partial charge in [-0.05, 0) is 18.9 Å². The molecule has 0 aliphatic heterocycles. The van der Waals surface area contributed by atoms with Crippen molar-refractivity contribution in [3.63, 3.8) is 0 Å². The summed E-state index contributed by atoms with van der Waals surface area (Å²) in [6.07, 6.45) is 2.21. The van der Waals surface area contributed by atoms with Gasteiger partial charge in [-0.25, -0.2) is 9.78 Å². The summed E-state index contributed by atoms with van der Waals surface area (Å²) < 4.78 is 5.57. The maximum Gasteiger partial charge on any atom is 0.347 e.